The lowest BCUT2D eigenvalue weighted by molar-refractivity contribution is -0.314. The lowest BCUT2D eigenvalue weighted by Gasteiger charge is -2.47. The van der Waals surface area contributed by atoms with Crippen molar-refractivity contribution >= 4 is 12.0 Å². The molecule has 182 valence electrons. The molecule has 5 rings (SSSR count). The van der Waals surface area contributed by atoms with Gasteiger partial charge in [-0.15, -0.1) is 5.10 Å². The zero-order valence-electron chi connectivity index (χ0n) is 19.2. The molecule has 1 unspecified atom stereocenters. The third kappa shape index (κ3) is 4.76. The second kappa shape index (κ2) is 10.1. The summed E-state index contributed by atoms with van der Waals surface area (Å²) < 4.78 is 19.2. The summed E-state index contributed by atoms with van der Waals surface area (Å²) in [7, 11) is 0. The first-order chi connectivity index (χ1) is 17.0. The summed E-state index contributed by atoms with van der Waals surface area (Å²) in [6.45, 7) is 2.19. The van der Waals surface area contributed by atoms with E-state index in [-0.39, 0.29) is 6.61 Å². The van der Waals surface area contributed by atoms with Gasteiger partial charge in [-0.05, 0) is 18.1 Å². The SMILES string of the molecule is CC/C=C/c1cccc(-c2cn([C@@H]3[C@@H](O)[C@H](C(=O)O)O[C@@H]4COC(c5ccccc5)O[C@H]34)nn2)c1. The molecule has 3 heterocycles. The number of aliphatic hydroxyl groups is 1. The van der Waals surface area contributed by atoms with Crippen LogP contribution in [0, 0.1) is 0 Å². The van der Waals surface area contributed by atoms with Gasteiger partial charge in [-0.1, -0.05) is 72.8 Å². The van der Waals surface area contributed by atoms with Crippen LogP contribution in [0.2, 0.25) is 0 Å². The van der Waals surface area contributed by atoms with Crippen LogP contribution in [0.4, 0.5) is 0 Å². The second-order valence-electron chi connectivity index (χ2n) is 8.61. The van der Waals surface area contributed by atoms with E-state index >= 15 is 0 Å². The standard InChI is InChI=1S/C26H27N3O6/c1-2-3-8-16-9-7-12-18(13-16)19-14-29(28-27-19)21-22(30)24(25(31)32)34-20-15-33-26(35-23(20)21)17-10-5-4-6-11-17/h3-14,20-24,26,30H,2,15H2,1H3,(H,31,32)/b8-3+/t20-,21-,22-,23+,24-,26?/m1/s1. The number of fused-ring (bicyclic) bond motifs is 1. The van der Waals surface area contributed by atoms with Gasteiger partial charge >= 0.3 is 5.97 Å². The molecule has 9 nitrogen and oxygen atoms in total. The zero-order chi connectivity index (χ0) is 24.4. The summed E-state index contributed by atoms with van der Waals surface area (Å²) in [6, 6.07) is 16.5. The molecule has 2 N–H and O–H groups in total. The minimum absolute atomic E-state index is 0.116. The van der Waals surface area contributed by atoms with Gasteiger partial charge in [-0.25, -0.2) is 9.48 Å². The van der Waals surface area contributed by atoms with Gasteiger partial charge in [0.1, 0.15) is 30.0 Å². The molecule has 0 bridgehead atoms. The minimum Gasteiger partial charge on any atom is -0.479 e. The molecule has 0 saturated carbocycles. The average molecular weight is 478 g/mol. The topological polar surface area (TPSA) is 116 Å². The predicted molar refractivity (Wildman–Crippen MR) is 126 cm³/mol. The molecule has 0 amide bonds. The van der Waals surface area contributed by atoms with E-state index in [0.717, 1.165) is 23.1 Å². The fourth-order valence-corrected chi connectivity index (χ4v) is 4.51. The molecule has 35 heavy (non-hydrogen) atoms. The Morgan fingerprint density at radius 1 is 1.17 bits per heavy atom. The maximum atomic E-state index is 11.8. The summed E-state index contributed by atoms with van der Waals surface area (Å²) in [5.74, 6) is -1.26. The van der Waals surface area contributed by atoms with E-state index in [1.807, 2.05) is 60.7 Å². The highest BCUT2D eigenvalue weighted by molar-refractivity contribution is 5.73. The van der Waals surface area contributed by atoms with Gasteiger partial charge in [-0.2, -0.15) is 0 Å². The molecule has 1 aromatic heterocycles. The third-order valence-electron chi connectivity index (χ3n) is 6.24. The van der Waals surface area contributed by atoms with Gasteiger partial charge in [0.15, 0.2) is 12.4 Å². The number of aromatic nitrogens is 3. The fraction of sp³-hybridized carbons (Fsp3) is 0.346. The molecule has 9 heteroatoms. The number of nitrogens with zero attached hydrogens (tertiary/aromatic N) is 3. The van der Waals surface area contributed by atoms with Crippen molar-refractivity contribution in [2.75, 3.05) is 6.61 Å². The van der Waals surface area contributed by atoms with E-state index in [9.17, 15) is 15.0 Å². The maximum Gasteiger partial charge on any atom is 0.335 e. The first-order valence-electron chi connectivity index (χ1n) is 11.6. The van der Waals surface area contributed by atoms with Crippen LogP contribution in [0.5, 0.6) is 0 Å². The van der Waals surface area contributed by atoms with Crippen molar-refractivity contribution in [3.05, 3.63) is 78.0 Å². The lowest BCUT2D eigenvalue weighted by Crippen LogP contribution is -2.61. The number of carboxylic acid groups (broad SMARTS) is 1. The monoisotopic (exact) mass is 477 g/mol. The molecule has 2 aliphatic rings. The van der Waals surface area contributed by atoms with Crippen LogP contribution in [0.15, 0.2) is 66.9 Å². The molecular formula is C26H27N3O6. The van der Waals surface area contributed by atoms with E-state index in [0.29, 0.717) is 5.69 Å². The molecule has 2 aromatic carbocycles. The number of aliphatic carboxylic acids is 1. The molecule has 6 atom stereocenters. The van der Waals surface area contributed by atoms with Crippen LogP contribution in [-0.4, -0.2) is 62.2 Å². The first-order valence-corrected chi connectivity index (χ1v) is 11.6. The Balaban J connectivity index is 1.47. The number of aliphatic hydroxyl groups excluding tert-OH is 1. The number of hydrogen-bond donors (Lipinski definition) is 2. The van der Waals surface area contributed by atoms with Crippen LogP contribution < -0.4 is 0 Å². The van der Waals surface area contributed by atoms with Crippen LogP contribution in [-0.2, 0) is 19.0 Å². The summed E-state index contributed by atoms with van der Waals surface area (Å²) in [5.41, 5.74) is 3.31. The smallest absolute Gasteiger partial charge is 0.335 e. The Labute approximate surface area is 202 Å². The first kappa shape index (κ1) is 23.4. The quantitative estimate of drug-likeness (QED) is 0.556. The number of hydrogen-bond acceptors (Lipinski definition) is 7. The Kier molecular flexibility index (Phi) is 6.74. The van der Waals surface area contributed by atoms with Crippen molar-refractivity contribution in [3.8, 4) is 11.3 Å². The Hall–Kier alpha value is -3.37. The van der Waals surface area contributed by atoms with Gasteiger partial charge in [0, 0.05) is 11.1 Å². The highest BCUT2D eigenvalue weighted by Gasteiger charge is 2.53. The molecular weight excluding hydrogens is 450 g/mol. The highest BCUT2D eigenvalue weighted by Crippen LogP contribution is 2.39. The molecule has 0 radical (unpaired) electrons. The fourth-order valence-electron chi connectivity index (χ4n) is 4.51. The second-order valence-corrected chi connectivity index (χ2v) is 8.61. The number of benzene rings is 2. The molecule has 0 spiro atoms. The summed E-state index contributed by atoms with van der Waals surface area (Å²) in [5, 5.41) is 29.3. The van der Waals surface area contributed by atoms with E-state index in [2.05, 4.69) is 23.3 Å². The van der Waals surface area contributed by atoms with Crippen LogP contribution >= 0.6 is 0 Å². The van der Waals surface area contributed by atoms with Crippen molar-refractivity contribution in [3.63, 3.8) is 0 Å². The largest absolute Gasteiger partial charge is 0.479 e. The number of carboxylic acids is 1. The van der Waals surface area contributed by atoms with Gasteiger partial charge in [0.2, 0.25) is 0 Å². The van der Waals surface area contributed by atoms with Crippen molar-refractivity contribution in [2.45, 2.75) is 50.1 Å². The van der Waals surface area contributed by atoms with E-state index < -0.39 is 42.7 Å². The molecule has 2 saturated heterocycles. The Bertz CT molecular complexity index is 1200. The lowest BCUT2D eigenvalue weighted by atomic mass is 9.91. The van der Waals surface area contributed by atoms with Crippen molar-refractivity contribution < 1.29 is 29.2 Å². The van der Waals surface area contributed by atoms with E-state index in [4.69, 9.17) is 14.2 Å². The molecule has 0 aliphatic carbocycles. The summed E-state index contributed by atoms with van der Waals surface area (Å²) in [6.07, 6.45) is 1.82. The summed E-state index contributed by atoms with van der Waals surface area (Å²) in [4.78, 5) is 11.8. The maximum absolute atomic E-state index is 11.8. The summed E-state index contributed by atoms with van der Waals surface area (Å²) >= 11 is 0. The van der Waals surface area contributed by atoms with Gasteiger partial charge < -0.3 is 24.4 Å². The zero-order valence-corrected chi connectivity index (χ0v) is 19.2. The minimum atomic E-state index is -1.45. The van der Waals surface area contributed by atoms with Gasteiger partial charge in [0.05, 0.1) is 12.8 Å². The van der Waals surface area contributed by atoms with E-state index in [1.54, 1.807) is 6.20 Å². The predicted octanol–water partition coefficient (Wildman–Crippen LogP) is 3.24. The third-order valence-corrected chi connectivity index (χ3v) is 6.24. The molecule has 2 aliphatic heterocycles. The van der Waals surface area contributed by atoms with Crippen LogP contribution in [0.25, 0.3) is 17.3 Å². The van der Waals surface area contributed by atoms with Crippen molar-refractivity contribution in [1.82, 2.24) is 15.0 Å². The molecule has 2 fully saturated rings. The van der Waals surface area contributed by atoms with Gasteiger partial charge in [-0.3, -0.25) is 0 Å². The van der Waals surface area contributed by atoms with Crippen LogP contribution in [0.1, 0.15) is 36.8 Å². The number of rotatable bonds is 6. The Morgan fingerprint density at radius 2 is 2.00 bits per heavy atom. The van der Waals surface area contributed by atoms with Crippen molar-refractivity contribution in [1.29, 1.82) is 0 Å². The number of carbonyl (C=O) groups is 1. The normalized spacial score (nSPS) is 28.6. The van der Waals surface area contributed by atoms with Gasteiger partial charge in [0.25, 0.3) is 0 Å². The highest BCUT2D eigenvalue weighted by atomic mass is 16.7. The molecule has 3 aromatic rings. The number of allylic oxidation sites excluding steroid dienone is 1. The number of ether oxygens (including phenoxy) is 3. The van der Waals surface area contributed by atoms with Crippen molar-refractivity contribution in [2.24, 2.45) is 0 Å². The van der Waals surface area contributed by atoms with E-state index in [1.165, 1.54) is 4.68 Å². The Morgan fingerprint density at radius 3 is 2.77 bits per heavy atom. The average Bonchev–Trinajstić information content (AvgIpc) is 3.37. The van der Waals surface area contributed by atoms with Crippen LogP contribution in [0.3, 0.4) is 0 Å².